The van der Waals surface area contributed by atoms with Gasteiger partial charge < -0.3 is 4.57 Å². The fourth-order valence-corrected chi connectivity index (χ4v) is 2.08. The molecule has 0 fully saturated rings. The molecule has 0 aliphatic carbocycles. The molecule has 17 heavy (non-hydrogen) atoms. The van der Waals surface area contributed by atoms with E-state index in [2.05, 4.69) is 10.1 Å². The Kier molecular flexibility index (Phi) is 3.50. The van der Waals surface area contributed by atoms with Gasteiger partial charge in [-0.15, -0.1) is 0 Å². The first-order valence-electron chi connectivity index (χ1n) is 4.58. The number of nitrogens with zero attached hydrogens (tertiary/aromatic N) is 4. The van der Waals surface area contributed by atoms with Gasteiger partial charge in [-0.05, 0) is 11.6 Å². The van der Waals surface area contributed by atoms with Crippen LogP contribution in [0.3, 0.4) is 0 Å². The van der Waals surface area contributed by atoms with Crippen LogP contribution in [0.1, 0.15) is 5.56 Å². The summed E-state index contributed by atoms with van der Waals surface area (Å²) in [5.41, 5.74) is 0.901. The summed E-state index contributed by atoms with van der Waals surface area (Å²) in [6.45, 7) is 0.473. The third-order valence-electron chi connectivity index (χ3n) is 1.97. The number of rotatable bonds is 3. The van der Waals surface area contributed by atoms with Crippen molar-refractivity contribution in [3.63, 3.8) is 0 Å². The van der Waals surface area contributed by atoms with Crippen LogP contribution in [-0.4, -0.2) is 14.6 Å². The summed E-state index contributed by atoms with van der Waals surface area (Å²) >= 11 is 6.88. The van der Waals surface area contributed by atoms with Crippen LogP contribution >= 0.6 is 22.9 Å². The smallest absolute Gasteiger partial charge is 0.262 e. The van der Waals surface area contributed by atoms with Crippen molar-refractivity contribution in [2.45, 2.75) is 6.54 Å². The van der Waals surface area contributed by atoms with E-state index < -0.39 is 5.03 Å². The minimum absolute atomic E-state index is 0.338. The van der Waals surface area contributed by atoms with Crippen molar-refractivity contribution in [3.8, 4) is 0 Å². The monoisotopic (exact) mass is 270 g/mol. The lowest BCUT2D eigenvalue weighted by Gasteiger charge is -2.01. The van der Waals surface area contributed by atoms with Crippen LogP contribution < -0.4 is 4.80 Å². The zero-order valence-electron chi connectivity index (χ0n) is 8.49. The Morgan fingerprint density at radius 3 is 3.06 bits per heavy atom. The highest BCUT2D eigenvalue weighted by Gasteiger charge is 2.01. The van der Waals surface area contributed by atoms with E-state index in [0.717, 1.165) is 5.56 Å². The van der Waals surface area contributed by atoms with E-state index in [1.165, 1.54) is 11.3 Å². The van der Waals surface area contributed by atoms with Gasteiger partial charge in [-0.3, -0.25) is 0 Å². The maximum absolute atomic E-state index is 10.3. The molecule has 6 nitrogen and oxygen atoms in total. The van der Waals surface area contributed by atoms with Gasteiger partial charge in [0.15, 0.2) is 5.03 Å². The summed E-state index contributed by atoms with van der Waals surface area (Å²) in [5.74, 6) is 0. The molecule has 8 heteroatoms. The Bertz CT molecular complexity index is 590. The number of aromatic nitrogens is 2. The molecule has 0 spiro atoms. The van der Waals surface area contributed by atoms with E-state index in [9.17, 15) is 10.1 Å². The second-order valence-corrected chi connectivity index (χ2v) is 4.40. The van der Waals surface area contributed by atoms with Crippen molar-refractivity contribution in [2.75, 3.05) is 0 Å². The molecule has 0 amide bonds. The van der Waals surface area contributed by atoms with Gasteiger partial charge in [0.2, 0.25) is 0 Å². The summed E-state index contributed by atoms with van der Waals surface area (Å²) in [6.07, 6.45) is 3.37. The van der Waals surface area contributed by atoms with E-state index in [1.807, 2.05) is 6.07 Å². The minimum atomic E-state index is -0.706. The molecule has 2 rings (SSSR count). The molecule has 0 saturated carbocycles. The number of hydrogen-bond donors (Lipinski definition) is 0. The number of pyridine rings is 1. The Morgan fingerprint density at radius 2 is 2.41 bits per heavy atom. The van der Waals surface area contributed by atoms with Crippen LogP contribution in [0.2, 0.25) is 5.15 Å². The van der Waals surface area contributed by atoms with Gasteiger partial charge in [-0.1, -0.05) is 29.0 Å². The van der Waals surface area contributed by atoms with Crippen molar-refractivity contribution < 1.29 is 5.03 Å². The van der Waals surface area contributed by atoms with Gasteiger partial charge >= 0.3 is 0 Å². The minimum Gasteiger partial charge on any atom is -0.314 e. The topological polar surface area (TPSA) is 73.3 Å². The van der Waals surface area contributed by atoms with E-state index in [4.69, 9.17) is 11.6 Å². The zero-order valence-corrected chi connectivity index (χ0v) is 10.1. The predicted molar refractivity (Wildman–Crippen MR) is 63.2 cm³/mol. The van der Waals surface area contributed by atoms with Gasteiger partial charge in [0.1, 0.15) is 5.15 Å². The lowest BCUT2D eigenvalue weighted by Crippen LogP contribution is -2.16. The number of nitro groups is 1. The average molecular weight is 271 g/mol. The highest BCUT2D eigenvalue weighted by Crippen LogP contribution is 2.06. The molecular formula is C9H7ClN4O2S. The molecule has 0 N–H and O–H groups in total. The van der Waals surface area contributed by atoms with E-state index in [1.54, 1.807) is 28.4 Å². The summed E-state index contributed by atoms with van der Waals surface area (Å²) in [7, 11) is 0. The van der Waals surface area contributed by atoms with Crippen LogP contribution in [0, 0.1) is 10.1 Å². The van der Waals surface area contributed by atoms with Crippen LogP contribution in [0.15, 0.2) is 35.0 Å². The molecule has 88 valence electrons. The first-order chi connectivity index (χ1) is 8.15. The molecule has 0 atom stereocenters. The van der Waals surface area contributed by atoms with E-state index in [-0.39, 0.29) is 0 Å². The van der Waals surface area contributed by atoms with Gasteiger partial charge in [0.25, 0.3) is 4.80 Å². The normalized spacial score (nSPS) is 11.7. The van der Waals surface area contributed by atoms with Crippen LogP contribution in [0.5, 0.6) is 0 Å². The fourth-order valence-electron chi connectivity index (χ4n) is 1.26. The maximum atomic E-state index is 10.3. The molecule has 2 aromatic heterocycles. The molecule has 0 bridgehead atoms. The molecule has 0 aliphatic heterocycles. The van der Waals surface area contributed by atoms with Crippen molar-refractivity contribution in [1.82, 2.24) is 9.55 Å². The van der Waals surface area contributed by atoms with Gasteiger partial charge in [-0.25, -0.2) is 15.1 Å². The first-order valence-corrected chi connectivity index (χ1v) is 5.84. The van der Waals surface area contributed by atoms with E-state index >= 15 is 0 Å². The molecule has 0 aromatic carbocycles. The third kappa shape index (κ3) is 3.11. The standard InChI is InChI=1S/C9H7ClN4O2S/c10-8-2-1-7(5-11-8)6-13-3-4-17-9(13)12-14(15)16/h1-5H,6H2/b12-9+. The summed E-state index contributed by atoms with van der Waals surface area (Å²) in [5, 5.41) is 15.1. The molecular weight excluding hydrogens is 264 g/mol. The molecule has 0 aliphatic rings. The second-order valence-electron chi connectivity index (χ2n) is 3.14. The lowest BCUT2D eigenvalue weighted by atomic mass is 10.3. The molecule has 0 unspecified atom stereocenters. The molecule has 2 heterocycles. The fraction of sp³-hybridized carbons (Fsp3) is 0.111. The van der Waals surface area contributed by atoms with Gasteiger partial charge in [0, 0.05) is 17.8 Å². The Morgan fingerprint density at radius 1 is 1.59 bits per heavy atom. The lowest BCUT2D eigenvalue weighted by molar-refractivity contribution is -0.490. The molecule has 0 radical (unpaired) electrons. The first kappa shape index (κ1) is 11.7. The van der Waals surface area contributed by atoms with Crippen molar-refractivity contribution in [3.05, 3.63) is 55.5 Å². The number of hydrogen-bond acceptors (Lipinski definition) is 4. The van der Waals surface area contributed by atoms with Gasteiger partial charge in [0.05, 0.1) is 11.6 Å². The average Bonchev–Trinajstić information content (AvgIpc) is 2.68. The van der Waals surface area contributed by atoms with Crippen LogP contribution in [0.25, 0.3) is 0 Å². The molecule has 2 aromatic rings. The summed E-state index contributed by atoms with van der Waals surface area (Å²) in [6, 6.07) is 3.49. The largest absolute Gasteiger partial charge is 0.314 e. The Hall–Kier alpha value is -1.73. The molecule has 0 saturated heterocycles. The zero-order chi connectivity index (χ0) is 12.3. The van der Waals surface area contributed by atoms with Crippen molar-refractivity contribution in [1.29, 1.82) is 0 Å². The maximum Gasteiger partial charge on any atom is 0.262 e. The van der Waals surface area contributed by atoms with Crippen molar-refractivity contribution >= 4 is 22.9 Å². The summed E-state index contributed by atoms with van der Waals surface area (Å²) < 4.78 is 1.68. The van der Waals surface area contributed by atoms with Crippen LogP contribution in [0.4, 0.5) is 0 Å². The SMILES string of the molecule is O=[N+]([O-])/N=c1/sccn1Cc1ccc(Cl)nc1. The predicted octanol–water partition coefficient (Wildman–Crippen LogP) is 1.74. The highest BCUT2D eigenvalue weighted by molar-refractivity contribution is 7.07. The van der Waals surface area contributed by atoms with E-state index in [0.29, 0.717) is 16.5 Å². The van der Waals surface area contributed by atoms with Crippen LogP contribution in [-0.2, 0) is 6.54 Å². The Labute approximate surface area is 105 Å². The Balaban J connectivity index is 2.28. The third-order valence-corrected chi connectivity index (χ3v) is 2.98. The highest BCUT2D eigenvalue weighted by atomic mass is 35.5. The quantitative estimate of drug-likeness (QED) is 0.484. The number of halogens is 1. The van der Waals surface area contributed by atoms with Gasteiger partial charge in [-0.2, -0.15) is 0 Å². The summed E-state index contributed by atoms with van der Waals surface area (Å²) in [4.78, 5) is 14.6. The second kappa shape index (κ2) is 5.07. The number of thiazole rings is 1. The van der Waals surface area contributed by atoms with Crippen molar-refractivity contribution in [2.24, 2.45) is 5.10 Å².